The van der Waals surface area contributed by atoms with Crippen LogP contribution in [0.25, 0.3) is 10.8 Å². The quantitative estimate of drug-likeness (QED) is 0.482. The summed E-state index contributed by atoms with van der Waals surface area (Å²) in [5, 5.41) is 21.5. The van der Waals surface area contributed by atoms with E-state index in [0.29, 0.717) is 6.42 Å². The second-order valence-electron chi connectivity index (χ2n) is 9.26. The number of aliphatic hydroxyl groups is 1. The zero-order chi connectivity index (χ0) is 23.7. The minimum Gasteiger partial charge on any atom is -0.386 e. The van der Waals surface area contributed by atoms with Gasteiger partial charge in [-0.25, -0.2) is 9.37 Å². The second-order valence-corrected chi connectivity index (χ2v) is 9.26. The first kappa shape index (κ1) is 22.2. The van der Waals surface area contributed by atoms with Crippen LogP contribution in [0, 0.1) is 5.82 Å². The van der Waals surface area contributed by atoms with Gasteiger partial charge in [-0.2, -0.15) is 5.10 Å². The monoisotopic (exact) mass is 457 g/mol. The third kappa shape index (κ3) is 4.56. The lowest BCUT2D eigenvalue weighted by Gasteiger charge is -2.36. The highest BCUT2D eigenvalue weighted by Crippen LogP contribution is 2.29. The van der Waals surface area contributed by atoms with Gasteiger partial charge in [-0.3, -0.25) is 0 Å². The molecule has 6 nitrogen and oxygen atoms in total. The van der Waals surface area contributed by atoms with Gasteiger partial charge in [0, 0.05) is 55.1 Å². The number of rotatable bonds is 5. The van der Waals surface area contributed by atoms with Crippen molar-refractivity contribution < 1.29 is 9.50 Å². The number of hydrogen-bond donors (Lipinski definition) is 1. The molecule has 3 heterocycles. The van der Waals surface area contributed by atoms with Crippen LogP contribution in [0.15, 0.2) is 66.9 Å². The Labute approximate surface area is 198 Å². The zero-order valence-electron chi connectivity index (χ0n) is 19.4. The van der Waals surface area contributed by atoms with Gasteiger partial charge in [-0.05, 0) is 37.6 Å². The number of piperazine rings is 1. The van der Waals surface area contributed by atoms with E-state index in [1.165, 1.54) is 12.1 Å². The molecule has 1 aliphatic rings. The average Bonchev–Trinajstić information content (AvgIpc) is 2.85. The maximum absolute atomic E-state index is 13.3. The van der Waals surface area contributed by atoms with Crippen LogP contribution in [0.4, 0.5) is 16.0 Å². The summed E-state index contributed by atoms with van der Waals surface area (Å²) in [4.78, 5) is 9.10. The Balaban J connectivity index is 1.34. The summed E-state index contributed by atoms with van der Waals surface area (Å²) in [6.45, 7) is 6.79. The van der Waals surface area contributed by atoms with Crippen LogP contribution >= 0.6 is 0 Å². The van der Waals surface area contributed by atoms with E-state index in [-0.39, 0.29) is 5.82 Å². The van der Waals surface area contributed by atoms with Crippen LogP contribution in [-0.4, -0.2) is 46.5 Å². The van der Waals surface area contributed by atoms with E-state index in [4.69, 9.17) is 0 Å². The molecule has 0 aliphatic carbocycles. The highest BCUT2D eigenvalue weighted by atomic mass is 19.1. The van der Waals surface area contributed by atoms with Crippen molar-refractivity contribution >= 4 is 22.4 Å². The van der Waals surface area contributed by atoms with Gasteiger partial charge in [0.1, 0.15) is 11.6 Å². The summed E-state index contributed by atoms with van der Waals surface area (Å²) in [7, 11) is 0. The molecule has 1 saturated heterocycles. The normalized spacial score (nSPS) is 14.6. The Hall–Kier alpha value is -3.58. The van der Waals surface area contributed by atoms with Crippen molar-refractivity contribution in [3.63, 3.8) is 0 Å². The molecular weight excluding hydrogens is 429 g/mol. The number of pyridine rings is 1. The summed E-state index contributed by atoms with van der Waals surface area (Å²) in [5.74, 6) is 1.57. The molecule has 1 aliphatic heterocycles. The van der Waals surface area contributed by atoms with Gasteiger partial charge in [0.2, 0.25) is 0 Å². The standard InChI is InChI=1S/C27H28FN5O/c1-27(2,34)20-9-12-25(29-18-20)32-13-15-33(16-14-32)26-23-6-4-3-5-22(23)24(30-31-26)17-19-7-10-21(28)11-8-19/h3-12,18,34H,13-17H2,1-2H3. The van der Waals surface area contributed by atoms with Crippen molar-refractivity contribution in [2.45, 2.75) is 25.9 Å². The lowest BCUT2D eigenvalue weighted by Crippen LogP contribution is -2.47. The van der Waals surface area contributed by atoms with E-state index in [1.54, 1.807) is 32.2 Å². The number of anilines is 2. The number of benzene rings is 2. The molecule has 0 bridgehead atoms. The topological polar surface area (TPSA) is 65.4 Å². The highest BCUT2D eigenvalue weighted by Gasteiger charge is 2.23. The van der Waals surface area contributed by atoms with Crippen LogP contribution < -0.4 is 9.80 Å². The van der Waals surface area contributed by atoms with Crippen molar-refractivity contribution in [3.8, 4) is 0 Å². The zero-order valence-corrected chi connectivity index (χ0v) is 19.4. The van der Waals surface area contributed by atoms with Gasteiger partial charge in [0.05, 0.1) is 11.3 Å². The second kappa shape index (κ2) is 8.99. The van der Waals surface area contributed by atoms with Gasteiger partial charge >= 0.3 is 0 Å². The molecule has 0 radical (unpaired) electrons. The summed E-state index contributed by atoms with van der Waals surface area (Å²) in [6.07, 6.45) is 2.36. The Morgan fingerprint density at radius 3 is 2.18 bits per heavy atom. The van der Waals surface area contributed by atoms with Gasteiger partial charge in [-0.1, -0.05) is 42.5 Å². The largest absolute Gasteiger partial charge is 0.386 e. The van der Waals surface area contributed by atoms with Crippen molar-refractivity contribution in [2.75, 3.05) is 36.0 Å². The van der Waals surface area contributed by atoms with Gasteiger partial charge in [0.15, 0.2) is 5.82 Å². The smallest absolute Gasteiger partial charge is 0.159 e. The molecule has 34 heavy (non-hydrogen) atoms. The lowest BCUT2D eigenvalue weighted by molar-refractivity contribution is 0.0782. The van der Waals surface area contributed by atoms with Crippen LogP contribution in [0.2, 0.25) is 0 Å². The number of nitrogens with zero attached hydrogens (tertiary/aromatic N) is 5. The van der Waals surface area contributed by atoms with Crippen molar-refractivity contribution in [1.29, 1.82) is 0 Å². The lowest BCUT2D eigenvalue weighted by atomic mass is 10.0. The van der Waals surface area contributed by atoms with Gasteiger partial charge < -0.3 is 14.9 Å². The maximum atomic E-state index is 13.3. The molecule has 4 aromatic rings. The number of hydrogen-bond acceptors (Lipinski definition) is 6. The molecule has 0 unspecified atom stereocenters. The summed E-state index contributed by atoms with van der Waals surface area (Å²) < 4.78 is 13.3. The van der Waals surface area contributed by atoms with Gasteiger partial charge in [-0.15, -0.1) is 5.10 Å². The molecule has 2 aromatic carbocycles. The third-order valence-electron chi connectivity index (χ3n) is 6.39. The van der Waals surface area contributed by atoms with E-state index in [2.05, 4.69) is 37.1 Å². The van der Waals surface area contributed by atoms with Crippen LogP contribution in [0.5, 0.6) is 0 Å². The molecular formula is C27H28FN5O. The van der Waals surface area contributed by atoms with Crippen LogP contribution in [0.3, 0.4) is 0 Å². The van der Waals surface area contributed by atoms with E-state index < -0.39 is 5.60 Å². The summed E-state index contributed by atoms with van der Waals surface area (Å²) >= 11 is 0. The Morgan fingerprint density at radius 1 is 0.853 bits per heavy atom. The van der Waals surface area contributed by atoms with E-state index >= 15 is 0 Å². The Kier molecular flexibility index (Phi) is 5.87. The molecule has 1 fully saturated rings. The van der Waals surface area contributed by atoms with E-state index in [0.717, 1.165) is 65.4 Å². The fourth-order valence-corrected chi connectivity index (χ4v) is 4.39. The SMILES string of the molecule is CC(C)(O)c1ccc(N2CCN(c3nnc(Cc4ccc(F)cc4)c4ccccc34)CC2)nc1. The van der Waals surface area contributed by atoms with E-state index in [1.807, 2.05) is 24.3 Å². The molecule has 5 rings (SSSR count). The Morgan fingerprint density at radius 2 is 1.53 bits per heavy atom. The molecule has 0 amide bonds. The average molecular weight is 458 g/mol. The summed E-state index contributed by atoms with van der Waals surface area (Å²) in [5.41, 5.74) is 1.80. The molecule has 0 saturated carbocycles. The van der Waals surface area contributed by atoms with Crippen molar-refractivity contribution in [3.05, 3.63) is 89.5 Å². The van der Waals surface area contributed by atoms with Gasteiger partial charge in [0.25, 0.3) is 0 Å². The molecule has 7 heteroatoms. The third-order valence-corrected chi connectivity index (χ3v) is 6.39. The molecule has 0 atom stereocenters. The maximum Gasteiger partial charge on any atom is 0.159 e. The molecule has 174 valence electrons. The predicted molar refractivity (Wildman–Crippen MR) is 133 cm³/mol. The first-order chi connectivity index (χ1) is 16.4. The Bertz CT molecular complexity index is 1280. The molecule has 1 N–H and O–H groups in total. The van der Waals surface area contributed by atoms with Crippen molar-refractivity contribution in [2.24, 2.45) is 0 Å². The van der Waals surface area contributed by atoms with Crippen LogP contribution in [0.1, 0.15) is 30.7 Å². The molecule has 2 aromatic heterocycles. The first-order valence-electron chi connectivity index (χ1n) is 11.6. The van der Waals surface area contributed by atoms with E-state index in [9.17, 15) is 9.50 Å². The minimum absolute atomic E-state index is 0.238. The van der Waals surface area contributed by atoms with Crippen LogP contribution in [-0.2, 0) is 12.0 Å². The number of fused-ring (bicyclic) bond motifs is 1. The fraction of sp³-hybridized carbons (Fsp3) is 0.296. The number of aromatic nitrogens is 3. The molecule has 0 spiro atoms. The number of halogens is 1. The highest BCUT2D eigenvalue weighted by molar-refractivity contribution is 5.93. The fourth-order valence-electron chi connectivity index (χ4n) is 4.39. The minimum atomic E-state index is -0.896. The van der Waals surface area contributed by atoms with Crippen molar-refractivity contribution in [1.82, 2.24) is 15.2 Å². The summed E-state index contributed by atoms with van der Waals surface area (Å²) in [6, 6.07) is 18.7. The predicted octanol–water partition coefficient (Wildman–Crippen LogP) is 4.31. The first-order valence-corrected chi connectivity index (χ1v) is 11.6.